The fraction of sp³-hybridized carbons (Fsp3) is 0.280. The Morgan fingerprint density at radius 3 is 2.74 bits per heavy atom. The maximum absolute atomic E-state index is 13.0. The first-order chi connectivity index (χ1) is 18.6. The molecule has 2 aromatic carbocycles. The van der Waals surface area contributed by atoms with Gasteiger partial charge in [0.25, 0.3) is 5.91 Å². The lowest BCUT2D eigenvalue weighted by atomic mass is 10.1. The topological polar surface area (TPSA) is 151 Å². The smallest absolute Gasteiger partial charge is 0.294 e. The highest BCUT2D eigenvalue weighted by Crippen LogP contribution is 2.17. The van der Waals surface area contributed by atoms with Crippen molar-refractivity contribution in [2.45, 2.75) is 32.4 Å². The summed E-state index contributed by atoms with van der Waals surface area (Å²) in [5.74, 6) is 0.476. The number of nitrogens with one attached hydrogen (secondary N) is 2. The molecule has 0 atom stereocenters. The number of likely N-dealkylation sites (tertiary alicyclic amines) is 1. The van der Waals surface area contributed by atoms with Crippen molar-refractivity contribution in [3.8, 4) is 11.6 Å². The number of amides is 1. The third-order valence-electron chi connectivity index (χ3n) is 6.21. The zero-order chi connectivity index (χ0) is 26.3. The highest BCUT2D eigenvalue weighted by atomic mass is 35.5. The van der Waals surface area contributed by atoms with E-state index in [0.29, 0.717) is 29.6 Å². The zero-order valence-corrected chi connectivity index (χ0v) is 21.3. The van der Waals surface area contributed by atoms with Crippen LogP contribution in [0.4, 0.5) is 5.82 Å². The van der Waals surface area contributed by atoms with Gasteiger partial charge in [-0.3, -0.25) is 4.79 Å². The molecule has 1 aliphatic rings. The number of nitrogen functional groups attached to an aromatic ring is 1. The summed E-state index contributed by atoms with van der Waals surface area (Å²) in [6.07, 6.45) is 5.00. The lowest BCUT2D eigenvalue weighted by Crippen LogP contribution is -3.11. The largest absolute Gasteiger partial charge is 0.489 e. The first kappa shape index (κ1) is 25.4. The maximum atomic E-state index is 13.0. The number of halogens is 1. The summed E-state index contributed by atoms with van der Waals surface area (Å²) < 4.78 is 11.9. The molecule has 4 N–H and O–H groups in total. The first-order valence-electron chi connectivity index (χ1n) is 12.2. The Hall–Kier alpha value is -4.29. The number of ether oxygens (including phenoxy) is 1. The number of quaternary nitrogens is 1. The van der Waals surface area contributed by atoms with Crippen molar-refractivity contribution in [2.75, 3.05) is 18.8 Å². The molecule has 0 unspecified atom stereocenters. The van der Waals surface area contributed by atoms with Gasteiger partial charge in [-0.1, -0.05) is 28.9 Å². The van der Waals surface area contributed by atoms with Gasteiger partial charge in [0, 0.05) is 5.02 Å². The molecule has 0 radical (unpaired) electrons. The van der Waals surface area contributed by atoms with Crippen molar-refractivity contribution < 1.29 is 19.1 Å². The van der Waals surface area contributed by atoms with E-state index < -0.39 is 5.91 Å². The van der Waals surface area contributed by atoms with E-state index in [1.807, 2.05) is 48.5 Å². The van der Waals surface area contributed by atoms with Crippen LogP contribution in [0.2, 0.25) is 5.02 Å². The Labute approximate surface area is 223 Å². The van der Waals surface area contributed by atoms with Gasteiger partial charge in [-0.25, -0.2) is 10.1 Å². The summed E-state index contributed by atoms with van der Waals surface area (Å²) in [5, 5.41) is 20.4. The second-order valence-electron chi connectivity index (χ2n) is 8.94. The highest BCUT2D eigenvalue weighted by molar-refractivity contribution is 6.30. The molecule has 2 aromatic heterocycles. The molecule has 4 aromatic rings. The van der Waals surface area contributed by atoms with Crippen LogP contribution in [-0.4, -0.2) is 50.5 Å². The highest BCUT2D eigenvalue weighted by Gasteiger charge is 2.27. The molecule has 0 aliphatic carbocycles. The third-order valence-corrected chi connectivity index (χ3v) is 6.44. The molecule has 0 saturated carbocycles. The minimum absolute atomic E-state index is 0.0646. The van der Waals surface area contributed by atoms with Crippen LogP contribution in [0.1, 0.15) is 46.6 Å². The van der Waals surface area contributed by atoms with Gasteiger partial charge in [0.15, 0.2) is 5.69 Å². The van der Waals surface area contributed by atoms with Crippen LogP contribution in [-0.2, 0) is 13.2 Å². The molecule has 196 valence electrons. The minimum atomic E-state index is -0.490. The van der Waals surface area contributed by atoms with Crippen molar-refractivity contribution in [3.05, 3.63) is 76.1 Å². The summed E-state index contributed by atoms with van der Waals surface area (Å²) >= 11 is 6.02. The molecule has 38 heavy (non-hydrogen) atoms. The molecule has 1 aliphatic heterocycles. The standard InChI is InChI=1S/C25H26ClN9O3/c26-19-6-4-5-18(13-19)16-37-20-9-7-17(8-10-20)14-28-30-25(36)22-21(15-34-11-2-1-3-12-34)35(33-29-22)24-23(27)31-38-32-24/h4-10,13-14H,1-3,11-12,15-16H2,(H2,27,31)(H,30,36)/p+1/b28-14-. The Kier molecular flexibility index (Phi) is 7.90. The van der Waals surface area contributed by atoms with Gasteiger partial charge in [0.1, 0.15) is 24.6 Å². The van der Waals surface area contributed by atoms with E-state index in [1.54, 1.807) is 0 Å². The number of hydrogen-bond acceptors (Lipinski definition) is 9. The fourth-order valence-corrected chi connectivity index (χ4v) is 4.48. The first-order valence-corrected chi connectivity index (χ1v) is 12.6. The fourth-order valence-electron chi connectivity index (χ4n) is 4.27. The third kappa shape index (κ3) is 6.15. The minimum Gasteiger partial charge on any atom is -0.489 e. The second-order valence-corrected chi connectivity index (χ2v) is 9.38. The van der Waals surface area contributed by atoms with Crippen molar-refractivity contribution >= 4 is 29.5 Å². The number of nitrogens with zero attached hydrogens (tertiary/aromatic N) is 6. The van der Waals surface area contributed by atoms with E-state index in [1.165, 1.54) is 22.2 Å². The molecular weight excluding hydrogens is 510 g/mol. The SMILES string of the molecule is Nc1nonc1-n1nnc(C(=O)N/N=C\c2ccc(OCc3cccc(Cl)c3)cc2)c1C[NH+]1CCCCC1. The maximum Gasteiger partial charge on any atom is 0.294 e. The van der Waals surface area contributed by atoms with Gasteiger partial charge in [-0.05, 0) is 77.1 Å². The van der Waals surface area contributed by atoms with E-state index in [9.17, 15) is 4.79 Å². The molecule has 3 heterocycles. The van der Waals surface area contributed by atoms with Crippen LogP contribution in [0.5, 0.6) is 5.75 Å². The van der Waals surface area contributed by atoms with Crippen LogP contribution < -0.4 is 20.8 Å². The molecule has 0 spiro atoms. The van der Waals surface area contributed by atoms with Crippen molar-refractivity contribution in [1.82, 2.24) is 30.7 Å². The van der Waals surface area contributed by atoms with E-state index in [2.05, 4.69) is 31.2 Å². The lowest BCUT2D eigenvalue weighted by molar-refractivity contribution is -0.918. The van der Waals surface area contributed by atoms with Crippen LogP contribution >= 0.6 is 11.6 Å². The zero-order valence-electron chi connectivity index (χ0n) is 20.5. The van der Waals surface area contributed by atoms with Gasteiger partial charge in [0.2, 0.25) is 11.6 Å². The van der Waals surface area contributed by atoms with Gasteiger partial charge in [-0.2, -0.15) is 9.78 Å². The number of anilines is 1. The van der Waals surface area contributed by atoms with E-state index in [4.69, 9.17) is 26.7 Å². The number of rotatable bonds is 9. The van der Waals surface area contributed by atoms with Gasteiger partial charge >= 0.3 is 0 Å². The van der Waals surface area contributed by atoms with Crippen LogP contribution in [0.25, 0.3) is 5.82 Å². The number of aromatic nitrogens is 5. The van der Waals surface area contributed by atoms with E-state index in [-0.39, 0.29) is 17.3 Å². The number of carbonyl (C=O) groups excluding carboxylic acids is 1. The molecule has 12 nitrogen and oxygen atoms in total. The summed E-state index contributed by atoms with van der Waals surface area (Å²) in [7, 11) is 0. The predicted octanol–water partition coefficient (Wildman–Crippen LogP) is 1.80. The molecular formula is C25H27ClN9O3+. The summed E-state index contributed by atoms with van der Waals surface area (Å²) in [6, 6.07) is 14.8. The number of nitrogens with two attached hydrogens (primary N) is 1. The number of piperidine rings is 1. The van der Waals surface area contributed by atoms with E-state index >= 15 is 0 Å². The summed E-state index contributed by atoms with van der Waals surface area (Å²) in [4.78, 5) is 14.3. The number of hydrazone groups is 1. The van der Waals surface area contributed by atoms with Crippen molar-refractivity contribution in [1.29, 1.82) is 0 Å². The summed E-state index contributed by atoms with van der Waals surface area (Å²) in [5.41, 5.74) is 10.9. The molecule has 1 amide bonds. The monoisotopic (exact) mass is 536 g/mol. The number of hydrogen-bond donors (Lipinski definition) is 3. The van der Waals surface area contributed by atoms with Gasteiger partial charge < -0.3 is 15.4 Å². The van der Waals surface area contributed by atoms with Crippen LogP contribution in [0, 0.1) is 0 Å². The van der Waals surface area contributed by atoms with Gasteiger partial charge in [0.05, 0.1) is 19.3 Å². The Morgan fingerprint density at radius 2 is 2.00 bits per heavy atom. The Balaban J connectivity index is 1.23. The molecule has 1 fully saturated rings. The quantitative estimate of drug-likeness (QED) is 0.216. The molecule has 1 saturated heterocycles. The average Bonchev–Trinajstić information content (AvgIpc) is 3.54. The van der Waals surface area contributed by atoms with Crippen molar-refractivity contribution in [2.24, 2.45) is 5.10 Å². The normalized spacial score (nSPS) is 14.1. The Bertz CT molecular complexity index is 1410. The number of benzene rings is 2. The average molecular weight is 537 g/mol. The molecule has 5 rings (SSSR count). The summed E-state index contributed by atoms with van der Waals surface area (Å²) in [6.45, 7) is 2.93. The molecule has 0 bridgehead atoms. The lowest BCUT2D eigenvalue weighted by Gasteiger charge is -2.23. The Morgan fingerprint density at radius 1 is 1.18 bits per heavy atom. The molecule has 13 heteroatoms. The van der Waals surface area contributed by atoms with Crippen molar-refractivity contribution in [3.63, 3.8) is 0 Å². The van der Waals surface area contributed by atoms with E-state index in [0.717, 1.165) is 37.1 Å². The van der Waals surface area contributed by atoms with Crippen LogP contribution in [0.15, 0.2) is 58.3 Å². The second kappa shape index (κ2) is 11.8. The van der Waals surface area contributed by atoms with Crippen LogP contribution in [0.3, 0.4) is 0 Å². The predicted molar refractivity (Wildman–Crippen MR) is 139 cm³/mol. The van der Waals surface area contributed by atoms with Gasteiger partial charge in [-0.15, -0.1) is 5.10 Å². The number of carbonyl (C=O) groups is 1.